The van der Waals surface area contributed by atoms with Crippen LogP contribution in [0.4, 0.5) is 5.69 Å². The smallest absolute Gasteiger partial charge is 0.240 e. The Morgan fingerprint density at radius 1 is 1.42 bits per heavy atom. The summed E-state index contributed by atoms with van der Waals surface area (Å²) in [6, 6.07) is 2.85. The molecule has 1 fully saturated rings. The molecular formula is C13H19ClN2O2S. The fourth-order valence-corrected chi connectivity index (χ4v) is 3.84. The lowest BCUT2D eigenvalue weighted by atomic mass is 9.81. The zero-order valence-electron chi connectivity index (χ0n) is 11.1. The van der Waals surface area contributed by atoms with Gasteiger partial charge in [0.2, 0.25) is 10.0 Å². The van der Waals surface area contributed by atoms with Gasteiger partial charge in [-0.05, 0) is 50.3 Å². The standard InChI is InChI=1S/C13H19ClN2O2S/c1-8-12(14)6-11(7-13(8)15)19(17,18)16-9(2)10-4-3-5-10/h6-7,9-10,16H,3-5,15H2,1-2H3. The van der Waals surface area contributed by atoms with E-state index in [2.05, 4.69) is 4.72 Å². The molecule has 1 aliphatic rings. The van der Waals surface area contributed by atoms with Crippen LogP contribution in [-0.2, 0) is 10.0 Å². The fraction of sp³-hybridized carbons (Fsp3) is 0.538. The Morgan fingerprint density at radius 2 is 2.05 bits per heavy atom. The van der Waals surface area contributed by atoms with Crippen LogP contribution in [0.2, 0.25) is 5.02 Å². The number of benzene rings is 1. The zero-order chi connectivity index (χ0) is 14.2. The Balaban J connectivity index is 2.24. The third-order valence-electron chi connectivity index (χ3n) is 3.87. The maximum Gasteiger partial charge on any atom is 0.240 e. The van der Waals surface area contributed by atoms with E-state index in [0.717, 1.165) is 12.8 Å². The number of nitrogen functional groups attached to an aromatic ring is 1. The molecular weight excluding hydrogens is 284 g/mol. The van der Waals surface area contributed by atoms with Gasteiger partial charge in [-0.3, -0.25) is 0 Å². The van der Waals surface area contributed by atoms with E-state index in [4.69, 9.17) is 17.3 Å². The molecule has 4 nitrogen and oxygen atoms in total. The predicted molar refractivity (Wildman–Crippen MR) is 77.7 cm³/mol. The first-order valence-corrected chi connectivity index (χ1v) is 8.25. The molecule has 19 heavy (non-hydrogen) atoms. The molecule has 1 saturated carbocycles. The monoisotopic (exact) mass is 302 g/mol. The van der Waals surface area contributed by atoms with Crippen molar-refractivity contribution in [3.8, 4) is 0 Å². The van der Waals surface area contributed by atoms with Crippen LogP contribution in [0.15, 0.2) is 17.0 Å². The number of nitrogens with one attached hydrogen (secondary N) is 1. The Bertz CT molecular complexity index is 559. The number of hydrogen-bond acceptors (Lipinski definition) is 3. The minimum absolute atomic E-state index is 0.0555. The molecule has 1 atom stereocenters. The van der Waals surface area contributed by atoms with Crippen LogP contribution in [0.25, 0.3) is 0 Å². The lowest BCUT2D eigenvalue weighted by Gasteiger charge is -2.31. The van der Waals surface area contributed by atoms with Crippen LogP contribution in [0.1, 0.15) is 31.7 Å². The second-order valence-corrected chi connectivity index (χ2v) is 7.34. The van der Waals surface area contributed by atoms with E-state index in [-0.39, 0.29) is 10.9 Å². The number of sulfonamides is 1. The lowest BCUT2D eigenvalue weighted by Crippen LogP contribution is -2.40. The van der Waals surface area contributed by atoms with E-state index in [1.165, 1.54) is 18.6 Å². The van der Waals surface area contributed by atoms with Gasteiger partial charge >= 0.3 is 0 Å². The van der Waals surface area contributed by atoms with Crippen molar-refractivity contribution >= 4 is 27.3 Å². The number of nitrogens with two attached hydrogens (primary N) is 1. The second kappa shape index (κ2) is 5.31. The molecule has 0 spiro atoms. The maximum atomic E-state index is 12.3. The summed E-state index contributed by atoms with van der Waals surface area (Å²) in [5.41, 5.74) is 6.86. The summed E-state index contributed by atoms with van der Waals surface area (Å²) in [6.07, 6.45) is 3.35. The first-order chi connectivity index (χ1) is 8.81. The van der Waals surface area contributed by atoms with Crippen molar-refractivity contribution in [3.63, 3.8) is 0 Å². The highest BCUT2D eigenvalue weighted by Gasteiger charge is 2.28. The Morgan fingerprint density at radius 3 is 2.53 bits per heavy atom. The molecule has 0 amide bonds. The van der Waals surface area contributed by atoms with Gasteiger partial charge < -0.3 is 5.73 Å². The Hall–Kier alpha value is -0.780. The molecule has 0 saturated heterocycles. The lowest BCUT2D eigenvalue weighted by molar-refractivity contribution is 0.260. The van der Waals surface area contributed by atoms with Gasteiger partial charge in [-0.1, -0.05) is 18.0 Å². The highest BCUT2D eigenvalue weighted by molar-refractivity contribution is 7.89. The molecule has 0 radical (unpaired) electrons. The van der Waals surface area contributed by atoms with Crippen LogP contribution in [0, 0.1) is 12.8 Å². The van der Waals surface area contributed by atoms with Crippen molar-refractivity contribution in [2.75, 3.05) is 5.73 Å². The van der Waals surface area contributed by atoms with E-state index in [0.29, 0.717) is 22.2 Å². The van der Waals surface area contributed by atoms with Crippen LogP contribution in [0.5, 0.6) is 0 Å². The van der Waals surface area contributed by atoms with Crippen LogP contribution in [-0.4, -0.2) is 14.5 Å². The quantitative estimate of drug-likeness (QED) is 0.840. The van der Waals surface area contributed by atoms with Crippen molar-refractivity contribution in [2.45, 2.75) is 44.0 Å². The van der Waals surface area contributed by atoms with E-state index >= 15 is 0 Å². The average Bonchev–Trinajstić information content (AvgIpc) is 2.21. The summed E-state index contributed by atoms with van der Waals surface area (Å²) >= 11 is 5.99. The second-order valence-electron chi connectivity index (χ2n) is 5.22. The molecule has 1 aromatic rings. The van der Waals surface area contributed by atoms with Gasteiger partial charge in [0, 0.05) is 16.8 Å². The van der Waals surface area contributed by atoms with Gasteiger partial charge in [-0.25, -0.2) is 13.1 Å². The van der Waals surface area contributed by atoms with Gasteiger partial charge in [0.25, 0.3) is 0 Å². The van der Waals surface area contributed by atoms with Gasteiger partial charge in [0.05, 0.1) is 4.90 Å². The van der Waals surface area contributed by atoms with Crippen molar-refractivity contribution in [1.29, 1.82) is 0 Å². The number of rotatable bonds is 4. The topological polar surface area (TPSA) is 72.2 Å². The van der Waals surface area contributed by atoms with Crippen LogP contribution >= 0.6 is 11.6 Å². The maximum absolute atomic E-state index is 12.3. The Labute approximate surface area is 119 Å². The molecule has 1 aliphatic carbocycles. The summed E-state index contributed by atoms with van der Waals surface area (Å²) in [4.78, 5) is 0.131. The first-order valence-electron chi connectivity index (χ1n) is 6.39. The summed E-state index contributed by atoms with van der Waals surface area (Å²) < 4.78 is 27.3. The van der Waals surface area contributed by atoms with E-state index in [9.17, 15) is 8.42 Å². The molecule has 0 bridgehead atoms. The summed E-state index contributed by atoms with van der Waals surface area (Å²) in [5, 5.41) is 0.372. The average molecular weight is 303 g/mol. The first kappa shape index (κ1) is 14.6. The van der Waals surface area contributed by atoms with Crippen molar-refractivity contribution < 1.29 is 8.42 Å². The molecule has 1 aromatic carbocycles. The minimum Gasteiger partial charge on any atom is -0.398 e. The molecule has 0 heterocycles. The molecule has 6 heteroatoms. The summed E-state index contributed by atoms with van der Waals surface area (Å²) in [6.45, 7) is 3.67. The molecule has 106 valence electrons. The van der Waals surface area contributed by atoms with E-state index in [1.807, 2.05) is 6.92 Å². The SMILES string of the molecule is Cc1c(N)cc(S(=O)(=O)NC(C)C2CCC2)cc1Cl. The number of hydrogen-bond donors (Lipinski definition) is 2. The summed E-state index contributed by atoms with van der Waals surface area (Å²) in [7, 11) is -3.56. The van der Waals surface area contributed by atoms with Crippen molar-refractivity contribution in [3.05, 3.63) is 22.7 Å². The molecule has 2 rings (SSSR count). The van der Waals surface area contributed by atoms with Crippen molar-refractivity contribution in [1.82, 2.24) is 4.72 Å². The molecule has 3 N–H and O–H groups in total. The fourth-order valence-electron chi connectivity index (χ4n) is 2.18. The van der Waals surface area contributed by atoms with E-state index in [1.54, 1.807) is 6.92 Å². The number of halogens is 1. The van der Waals surface area contributed by atoms with Crippen molar-refractivity contribution in [2.24, 2.45) is 5.92 Å². The third-order valence-corrected chi connectivity index (χ3v) is 5.80. The van der Waals surface area contributed by atoms with E-state index < -0.39 is 10.0 Å². The van der Waals surface area contributed by atoms with Gasteiger partial charge in [-0.2, -0.15) is 0 Å². The van der Waals surface area contributed by atoms with Crippen LogP contribution < -0.4 is 10.5 Å². The highest BCUT2D eigenvalue weighted by Crippen LogP contribution is 2.31. The van der Waals surface area contributed by atoms with Gasteiger partial charge in [0.15, 0.2) is 0 Å². The highest BCUT2D eigenvalue weighted by atomic mass is 35.5. The Kier molecular flexibility index (Phi) is 4.08. The van der Waals surface area contributed by atoms with Crippen LogP contribution in [0.3, 0.4) is 0 Å². The molecule has 1 unspecified atom stereocenters. The molecule has 0 aromatic heterocycles. The largest absolute Gasteiger partial charge is 0.398 e. The minimum atomic E-state index is -3.56. The predicted octanol–water partition coefficient (Wildman–Crippen LogP) is 2.70. The third kappa shape index (κ3) is 3.04. The normalized spacial score (nSPS) is 18.1. The van der Waals surface area contributed by atoms with Gasteiger partial charge in [-0.15, -0.1) is 0 Å². The van der Waals surface area contributed by atoms with Gasteiger partial charge in [0.1, 0.15) is 0 Å². The molecule has 0 aliphatic heterocycles. The zero-order valence-corrected chi connectivity index (χ0v) is 12.7. The number of anilines is 1. The summed E-state index contributed by atoms with van der Waals surface area (Å²) in [5.74, 6) is 0.438.